The number of rotatable bonds is 3. The smallest absolute Gasteiger partial charge is 0.139 e. The molecule has 2 nitrogen and oxygen atoms in total. The lowest BCUT2D eigenvalue weighted by Crippen LogP contribution is -2.38. The molecular weight excluding hydrogens is 198 g/mol. The van der Waals surface area contributed by atoms with Crippen molar-refractivity contribution in [2.24, 2.45) is 11.7 Å². The minimum absolute atomic E-state index is 0.587. The van der Waals surface area contributed by atoms with Gasteiger partial charge in [0.15, 0.2) is 0 Å². The van der Waals surface area contributed by atoms with Gasteiger partial charge in [-0.05, 0) is 17.9 Å². The summed E-state index contributed by atoms with van der Waals surface area (Å²) in [6.07, 6.45) is 7.03. The van der Waals surface area contributed by atoms with E-state index in [-0.39, 0.29) is 0 Å². The molecule has 0 amide bonds. The number of benzene rings is 1. The molecule has 0 aromatic heterocycles. The third-order valence-electron chi connectivity index (χ3n) is 3.60. The second-order valence-electron chi connectivity index (χ2n) is 5.00. The van der Waals surface area contributed by atoms with Gasteiger partial charge >= 0.3 is 0 Å². The molecule has 0 saturated heterocycles. The van der Waals surface area contributed by atoms with Crippen LogP contribution in [0.4, 0.5) is 0 Å². The molecule has 1 aromatic carbocycles. The van der Waals surface area contributed by atoms with Crippen molar-refractivity contribution in [1.82, 2.24) is 0 Å². The second kappa shape index (κ2) is 4.98. The Bertz CT molecular complexity index is 315. The van der Waals surface area contributed by atoms with Crippen LogP contribution in [0.1, 0.15) is 44.1 Å². The van der Waals surface area contributed by atoms with Gasteiger partial charge in [-0.2, -0.15) is 0 Å². The summed E-state index contributed by atoms with van der Waals surface area (Å²) in [5.74, 6) is 0.587. The number of hydrogen-bond acceptors (Lipinski definition) is 2. The summed E-state index contributed by atoms with van der Waals surface area (Å²) in [5, 5.41) is 10.3. The fraction of sp³-hybridized carbons (Fsp3) is 0.571. The Morgan fingerprint density at radius 2 is 1.75 bits per heavy atom. The van der Waals surface area contributed by atoms with E-state index >= 15 is 0 Å². The maximum atomic E-state index is 10.3. The average Bonchev–Trinajstić information content (AvgIpc) is 2.31. The zero-order valence-corrected chi connectivity index (χ0v) is 9.73. The van der Waals surface area contributed by atoms with Gasteiger partial charge in [0.1, 0.15) is 5.72 Å². The van der Waals surface area contributed by atoms with E-state index in [1.54, 1.807) is 0 Å². The molecule has 0 bridgehead atoms. The van der Waals surface area contributed by atoms with E-state index < -0.39 is 5.72 Å². The Kier molecular flexibility index (Phi) is 3.62. The van der Waals surface area contributed by atoms with Gasteiger partial charge in [-0.15, -0.1) is 0 Å². The molecule has 0 radical (unpaired) electrons. The van der Waals surface area contributed by atoms with Gasteiger partial charge in [0, 0.05) is 0 Å². The molecule has 0 spiro atoms. The predicted molar refractivity (Wildman–Crippen MR) is 65.7 cm³/mol. The summed E-state index contributed by atoms with van der Waals surface area (Å²) in [4.78, 5) is 0. The SMILES string of the molecule is NC(O)(CC1CCCCC1)c1ccccc1. The van der Waals surface area contributed by atoms with Crippen LogP contribution in [0.5, 0.6) is 0 Å². The third-order valence-corrected chi connectivity index (χ3v) is 3.60. The standard InChI is InChI=1S/C14H21NO/c15-14(16,13-9-5-2-6-10-13)11-12-7-3-1-4-8-12/h2,5-6,9-10,12,16H,1,3-4,7-8,11,15H2. The number of aliphatic hydroxyl groups is 1. The molecule has 0 aliphatic heterocycles. The zero-order chi connectivity index (χ0) is 11.4. The summed E-state index contributed by atoms with van der Waals surface area (Å²) in [6.45, 7) is 0. The fourth-order valence-electron chi connectivity index (χ4n) is 2.68. The molecule has 1 aliphatic carbocycles. The molecule has 3 N–H and O–H groups in total. The molecule has 16 heavy (non-hydrogen) atoms. The van der Waals surface area contributed by atoms with Crippen molar-refractivity contribution in [3.8, 4) is 0 Å². The normalized spacial score (nSPS) is 21.6. The molecular formula is C14H21NO. The monoisotopic (exact) mass is 219 g/mol. The molecule has 1 unspecified atom stereocenters. The van der Waals surface area contributed by atoms with E-state index in [1.165, 1.54) is 32.1 Å². The molecule has 0 heterocycles. The van der Waals surface area contributed by atoms with Crippen molar-refractivity contribution in [2.45, 2.75) is 44.2 Å². The molecule has 1 aromatic rings. The van der Waals surface area contributed by atoms with Crippen LogP contribution in [-0.2, 0) is 5.72 Å². The first-order valence-corrected chi connectivity index (χ1v) is 6.25. The van der Waals surface area contributed by atoms with Gasteiger partial charge in [-0.3, -0.25) is 5.73 Å². The Labute approximate surface area is 97.5 Å². The van der Waals surface area contributed by atoms with Gasteiger partial charge < -0.3 is 5.11 Å². The van der Waals surface area contributed by atoms with E-state index in [9.17, 15) is 5.11 Å². The van der Waals surface area contributed by atoms with Crippen LogP contribution in [0.25, 0.3) is 0 Å². The number of nitrogens with two attached hydrogens (primary N) is 1. The lowest BCUT2D eigenvalue weighted by Gasteiger charge is -2.30. The first-order chi connectivity index (χ1) is 7.68. The summed E-state index contributed by atoms with van der Waals surface area (Å²) in [5.41, 5.74) is 5.71. The lowest BCUT2D eigenvalue weighted by atomic mass is 9.82. The van der Waals surface area contributed by atoms with Gasteiger partial charge in [0.05, 0.1) is 0 Å². The highest BCUT2D eigenvalue weighted by Crippen LogP contribution is 2.32. The third kappa shape index (κ3) is 2.83. The Morgan fingerprint density at radius 1 is 1.12 bits per heavy atom. The van der Waals surface area contributed by atoms with Crippen LogP contribution in [0.15, 0.2) is 30.3 Å². The molecule has 2 rings (SSSR count). The minimum atomic E-state index is -1.15. The molecule has 1 aliphatic rings. The fourth-order valence-corrected chi connectivity index (χ4v) is 2.68. The van der Waals surface area contributed by atoms with Crippen molar-refractivity contribution in [1.29, 1.82) is 0 Å². The van der Waals surface area contributed by atoms with E-state index in [2.05, 4.69) is 0 Å². The molecule has 1 atom stereocenters. The van der Waals surface area contributed by atoms with Crippen molar-refractivity contribution in [2.75, 3.05) is 0 Å². The van der Waals surface area contributed by atoms with Crippen LogP contribution in [0, 0.1) is 5.92 Å². The first kappa shape index (κ1) is 11.6. The van der Waals surface area contributed by atoms with E-state index in [1.807, 2.05) is 30.3 Å². The van der Waals surface area contributed by atoms with Crippen molar-refractivity contribution in [3.63, 3.8) is 0 Å². The maximum absolute atomic E-state index is 10.3. The van der Waals surface area contributed by atoms with Gasteiger partial charge in [0.2, 0.25) is 0 Å². The summed E-state index contributed by atoms with van der Waals surface area (Å²) < 4.78 is 0. The second-order valence-corrected chi connectivity index (χ2v) is 5.00. The van der Waals surface area contributed by atoms with Crippen LogP contribution < -0.4 is 5.73 Å². The quantitative estimate of drug-likeness (QED) is 0.768. The van der Waals surface area contributed by atoms with Crippen molar-refractivity contribution < 1.29 is 5.11 Å². The highest BCUT2D eigenvalue weighted by molar-refractivity contribution is 5.20. The average molecular weight is 219 g/mol. The zero-order valence-electron chi connectivity index (χ0n) is 9.73. The van der Waals surface area contributed by atoms with Crippen molar-refractivity contribution >= 4 is 0 Å². The molecule has 1 fully saturated rings. The summed E-state index contributed by atoms with van der Waals surface area (Å²) in [7, 11) is 0. The molecule has 88 valence electrons. The Morgan fingerprint density at radius 3 is 2.38 bits per heavy atom. The lowest BCUT2D eigenvalue weighted by molar-refractivity contribution is 0.0114. The molecule has 2 heteroatoms. The van der Waals surface area contributed by atoms with Crippen LogP contribution >= 0.6 is 0 Å². The Balaban J connectivity index is 2.01. The first-order valence-electron chi connectivity index (χ1n) is 6.25. The van der Waals surface area contributed by atoms with Crippen LogP contribution in [0.3, 0.4) is 0 Å². The van der Waals surface area contributed by atoms with E-state index in [4.69, 9.17) is 5.73 Å². The van der Waals surface area contributed by atoms with E-state index in [0.29, 0.717) is 12.3 Å². The highest BCUT2D eigenvalue weighted by atomic mass is 16.3. The highest BCUT2D eigenvalue weighted by Gasteiger charge is 2.28. The van der Waals surface area contributed by atoms with Gasteiger partial charge in [-0.1, -0.05) is 62.4 Å². The Hall–Kier alpha value is -0.860. The van der Waals surface area contributed by atoms with Crippen molar-refractivity contribution in [3.05, 3.63) is 35.9 Å². The summed E-state index contributed by atoms with van der Waals surface area (Å²) >= 11 is 0. The largest absolute Gasteiger partial charge is 0.372 e. The summed E-state index contributed by atoms with van der Waals surface area (Å²) in [6, 6.07) is 9.61. The predicted octanol–water partition coefficient (Wildman–Crippen LogP) is 2.76. The number of hydrogen-bond donors (Lipinski definition) is 2. The van der Waals surface area contributed by atoms with Gasteiger partial charge in [-0.25, -0.2) is 0 Å². The molecule has 1 saturated carbocycles. The van der Waals surface area contributed by atoms with Gasteiger partial charge in [0.25, 0.3) is 0 Å². The minimum Gasteiger partial charge on any atom is -0.372 e. The topological polar surface area (TPSA) is 46.2 Å². The van der Waals surface area contributed by atoms with E-state index in [0.717, 1.165) is 5.56 Å². The van der Waals surface area contributed by atoms with Crippen LogP contribution in [0.2, 0.25) is 0 Å². The maximum Gasteiger partial charge on any atom is 0.139 e. The van der Waals surface area contributed by atoms with Crippen LogP contribution in [-0.4, -0.2) is 5.11 Å².